The van der Waals surface area contributed by atoms with Crippen molar-refractivity contribution in [2.75, 3.05) is 18.1 Å². The first-order valence-corrected chi connectivity index (χ1v) is 6.76. The van der Waals surface area contributed by atoms with Gasteiger partial charge in [-0.05, 0) is 24.3 Å². The Balaban J connectivity index is 2.42. The number of sulfone groups is 1. The second-order valence-electron chi connectivity index (χ2n) is 3.10. The third kappa shape index (κ3) is 4.56. The van der Waals surface area contributed by atoms with Crippen molar-refractivity contribution in [1.29, 1.82) is 0 Å². The van der Waals surface area contributed by atoms with Crippen molar-refractivity contribution in [3.05, 3.63) is 29.3 Å². The molecule has 0 bridgehead atoms. The summed E-state index contributed by atoms with van der Waals surface area (Å²) in [5, 5.41) is 0.604. The van der Waals surface area contributed by atoms with Gasteiger partial charge >= 0.3 is 0 Å². The highest BCUT2D eigenvalue weighted by atomic mass is 35.5. The first-order valence-electron chi connectivity index (χ1n) is 4.56. The molecule has 0 aliphatic heterocycles. The molecule has 1 rings (SSSR count). The molecular weight excluding hydrogens is 248 g/mol. The molecular formula is C11H11ClO3S. The van der Waals surface area contributed by atoms with E-state index < -0.39 is 9.84 Å². The van der Waals surface area contributed by atoms with Crippen LogP contribution in [0.5, 0.6) is 5.75 Å². The Hall–Kier alpha value is -1.18. The molecule has 1 aromatic carbocycles. The van der Waals surface area contributed by atoms with Gasteiger partial charge in [-0.15, -0.1) is 6.42 Å². The van der Waals surface area contributed by atoms with E-state index in [1.54, 1.807) is 24.3 Å². The summed E-state index contributed by atoms with van der Waals surface area (Å²) in [4.78, 5) is 0. The van der Waals surface area contributed by atoms with Crippen LogP contribution in [-0.4, -0.2) is 26.5 Å². The van der Waals surface area contributed by atoms with E-state index in [-0.39, 0.29) is 18.1 Å². The van der Waals surface area contributed by atoms with E-state index in [1.165, 1.54) is 0 Å². The second kappa shape index (κ2) is 5.78. The summed E-state index contributed by atoms with van der Waals surface area (Å²) >= 11 is 5.69. The Labute approximate surface area is 100 Å². The Kier molecular flexibility index (Phi) is 4.66. The van der Waals surface area contributed by atoms with Gasteiger partial charge in [0, 0.05) is 5.02 Å². The summed E-state index contributed by atoms with van der Waals surface area (Å²) < 4.78 is 27.7. The van der Waals surface area contributed by atoms with Gasteiger partial charge in [-0.1, -0.05) is 17.5 Å². The van der Waals surface area contributed by atoms with Gasteiger partial charge in [0.25, 0.3) is 0 Å². The van der Waals surface area contributed by atoms with Crippen LogP contribution in [0, 0.1) is 12.3 Å². The summed E-state index contributed by atoms with van der Waals surface area (Å²) in [6.07, 6.45) is 4.93. The predicted molar refractivity (Wildman–Crippen MR) is 64.4 cm³/mol. The fourth-order valence-corrected chi connectivity index (χ4v) is 1.88. The maximum atomic E-state index is 11.2. The van der Waals surface area contributed by atoms with Crippen molar-refractivity contribution >= 4 is 21.4 Å². The summed E-state index contributed by atoms with van der Waals surface area (Å²) in [6, 6.07) is 6.70. The molecule has 0 aromatic heterocycles. The zero-order valence-corrected chi connectivity index (χ0v) is 10.1. The van der Waals surface area contributed by atoms with Gasteiger partial charge in [-0.2, -0.15) is 0 Å². The fourth-order valence-electron chi connectivity index (χ4n) is 1.02. The molecule has 0 heterocycles. The van der Waals surface area contributed by atoms with E-state index in [9.17, 15) is 8.42 Å². The monoisotopic (exact) mass is 258 g/mol. The minimum Gasteiger partial charge on any atom is -0.493 e. The molecule has 86 valence electrons. The average molecular weight is 259 g/mol. The van der Waals surface area contributed by atoms with Gasteiger partial charge in [0.1, 0.15) is 18.1 Å². The average Bonchev–Trinajstić information content (AvgIpc) is 2.20. The lowest BCUT2D eigenvalue weighted by atomic mass is 10.3. The lowest BCUT2D eigenvalue weighted by molar-refractivity contribution is 0.341. The van der Waals surface area contributed by atoms with Crippen molar-refractivity contribution in [1.82, 2.24) is 0 Å². The van der Waals surface area contributed by atoms with Crippen molar-refractivity contribution < 1.29 is 13.2 Å². The number of halogens is 1. The molecule has 0 saturated heterocycles. The van der Waals surface area contributed by atoms with Crippen LogP contribution in [0.25, 0.3) is 0 Å². The number of hydrogen-bond donors (Lipinski definition) is 0. The van der Waals surface area contributed by atoms with Gasteiger partial charge in [0.05, 0.1) is 5.75 Å². The number of hydrogen-bond acceptors (Lipinski definition) is 3. The van der Waals surface area contributed by atoms with E-state index in [4.69, 9.17) is 22.8 Å². The Bertz CT molecular complexity index is 471. The van der Waals surface area contributed by atoms with E-state index in [1.807, 2.05) is 0 Å². The minimum absolute atomic E-state index is 0.0835. The highest BCUT2D eigenvalue weighted by molar-refractivity contribution is 7.91. The topological polar surface area (TPSA) is 43.4 Å². The molecule has 0 aliphatic carbocycles. The number of benzene rings is 1. The van der Waals surface area contributed by atoms with Crippen LogP contribution in [0.4, 0.5) is 0 Å². The van der Waals surface area contributed by atoms with E-state index in [0.29, 0.717) is 10.8 Å². The van der Waals surface area contributed by atoms with Crippen LogP contribution < -0.4 is 4.74 Å². The highest BCUT2D eigenvalue weighted by Gasteiger charge is 2.08. The zero-order chi connectivity index (χ0) is 12.0. The molecule has 0 spiro atoms. The second-order valence-corrected chi connectivity index (χ2v) is 5.72. The largest absolute Gasteiger partial charge is 0.493 e. The highest BCUT2D eigenvalue weighted by Crippen LogP contribution is 2.15. The van der Waals surface area contributed by atoms with E-state index in [2.05, 4.69) is 5.92 Å². The summed E-state index contributed by atoms with van der Waals surface area (Å²) in [6.45, 7) is 0.0889. The predicted octanol–water partition coefficient (Wildman–Crippen LogP) is 1.77. The van der Waals surface area contributed by atoms with Crippen molar-refractivity contribution in [3.8, 4) is 18.1 Å². The summed E-state index contributed by atoms with van der Waals surface area (Å²) in [5.74, 6) is 2.35. The third-order valence-corrected chi connectivity index (χ3v) is 3.43. The fraction of sp³-hybridized carbons (Fsp3) is 0.273. The molecule has 0 aliphatic rings. The molecule has 0 atom stereocenters. The van der Waals surface area contributed by atoms with Gasteiger partial charge in [0.2, 0.25) is 0 Å². The molecule has 0 saturated carbocycles. The van der Waals surface area contributed by atoms with Gasteiger partial charge < -0.3 is 4.74 Å². The molecule has 1 aromatic rings. The molecule has 3 nitrogen and oxygen atoms in total. The standard InChI is InChI=1S/C11H11ClO3S/c1-2-8-16(13,14)9-7-15-11-5-3-10(12)4-6-11/h1,3-6H,7-9H2. The minimum atomic E-state index is -3.20. The summed E-state index contributed by atoms with van der Waals surface area (Å²) in [5.41, 5.74) is 0. The molecule has 0 fully saturated rings. The Morgan fingerprint density at radius 2 is 1.94 bits per heavy atom. The van der Waals surface area contributed by atoms with Gasteiger partial charge in [0.15, 0.2) is 9.84 Å². The molecule has 0 radical (unpaired) electrons. The molecule has 16 heavy (non-hydrogen) atoms. The number of terminal acetylenes is 1. The third-order valence-electron chi connectivity index (χ3n) is 1.78. The van der Waals surface area contributed by atoms with Crippen LogP contribution in [0.15, 0.2) is 24.3 Å². The Morgan fingerprint density at radius 1 is 1.31 bits per heavy atom. The quantitative estimate of drug-likeness (QED) is 0.756. The van der Waals surface area contributed by atoms with Crippen molar-refractivity contribution in [2.24, 2.45) is 0 Å². The van der Waals surface area contributed by atoms with Crippen molar-refractivity contribution in [2.45, 2.75) is 0 Å². The summed E-state index contributed by atoms with van der Waals surface area (Å²) in [7, 11) is -3.20. The van der Waals surface area contributed by atoms with Gasteiger partial charge in [-0.25, -0.2) is 8.42 Å². The molecule has 0 N–H and O–H groups in total. The number of rotatable bonds is 5. The number of ether oxygens (including phenoxy) is 1. The molecule has 5 heteroatoms. The van der Waals surface area contributed by atoms with E-state index in [0.717, 1.165) is 0 Å². The smallest absolute Gasteiger partial charge is 0.164 e. The SMILES string of the molecule is C#CCS(=O)(=O)CCOc1ccc(Cl)cc1. The van der Waals surface area contributed by atoms with Crippen LogP contribution in [0.1, 0.15) is 0 Å². The van der Waals surface area contributed by atoms with Crippen LogP contribution in [0.2, 0.25) is 5.02 Å². The lowest BCUT2D eigenvalue weighted by Crippen LogP contribution is -2.16. The van der Waals surface area contributed by atoms with Crippen LogP contribution in [-0.2, 0) is 9.84 Å². The van der Waals surface area contributed by atoms with Crippen LogP contribution >= 0.6 is 11.6 Å². The first-order chi connectivity index (χ1) is 7.53. The maximum absolute atomic E-state index is 11.2. The zero-order valence-electron chi connectivity index (χ0n) is 8.52. The van der Waals surface area contributed by atoms with Crippen LogP contribution in [0.3, 0.4) is 0 Å². The maximum Gasteiger partial charge on any atom is 0.164 e. The van der Waals surface area contributed by atoms with Gasteiger partial charge in [-0.3, -0.25) is 0 Å². The van der Waals surface area contributed by atoms with Crippen molar-refractivity contribution in [3.63, 3.8) is 0 Å². The lowest BCUT2D eigenvalue weighted by Gasteiger charge is -2.05. The van der Waals surface area contributed by atoms with E-state index >= 15 is 0 Å². The normalized spacial score (nSPS) is 10.8. The molecule has 0 unspecified atom stereocenters. The Morgan fingerprint density at radius 3 is 2.50 bits per heavy atom. The molecule has 0 amide bonds. The first kappa shape index (κ1) is 12.9.